The maximum atomic E-state index is 12.8. The van der Waals surface area contributed by atoms with Gasteiger partial charge in [0, 0.05) is 23.5 Å². The molecule has 1 amide bonds. The predicted molar refractivity (Wildman–Crippen MR) is 128 cm³/mol. The Balaban J connectivity index is 1.59. The molecule has 1 aliphatic rings. The first-order chi connectivity index (χ1) is 17.0. The molecule has 1 N–H and O–H groups in total. The van der Waals surface area contributed by atoms with Gasteiger partial charge in [-0.2, -0.15) is 14.9 Å². The molecule has 0 radical (unpaired) electrons. The Hall–Kier alpha value is -4.47. The van der Waals surface area contributed by atoms with Crippen molar-refractivity contribution in [1.82, 2.24) is 25.0 Å². The highest BCUT2D eigenvalue weighted by Gasteiger charge is 2.33. The zero-order chi connectivity index (χ0) is 24.5. The summed E-state index contributed by atoms with van der Waals surface area (Å²) in [6.45, 7) is 1.90. The maximum absolute atomic E-state index is 12.8. The number of aromatic nitrogens is 5. The van der Waals surface area contributed by atoms with Crippen molar-refractivity contribution in [2.75, 3.05) is 26.6 Å². The number of amides is 1. The standard InChI is InChI=1S/C25H24N6O4/c1-14-23-18(15-8-9-20(34-3)21(11-15)35-4)12-22(32)28-24(23)31(30-14)25-27-19(13-26-29-25)16-6-5-7-17(10-16)33-2/h5-11,13,18H,12H2,1-4H3,(H,28,32)/t18-/m0/s1. The minimum Gasteiger partial charge on any atom is -0.497 e. The Labute approximate surface area is 201 Å². The monoisotopic (exact) mass is 472 g/mol. The van der Waals surface area contributed by atoms with Gasteiger partial charge >= 0.3 is 0 Å². The zero-order valence-electron chi connectivity index (χ0n) is 19.8. The summed E-state index contributed by atoms with van der Waals surface area (Å²) in [5.41, 5.74) is 4.01. The quantitative estimate of drug-likeness (QED) is 0.453. The summed E-state index contributed by atoms with van der Waals surface area (Å²) in [7, 11) is 4.79. The lowest BCUT2D eigenvalue weighted by Crippen LogP contribution is -2.25. The van der Waals surface area contributed by atoms with Crippen LogP contribution in [0, 0.1) is 6.92 Å². The molecule has 10 heteroatoms. The van der Waals surface area contributed by atoms with Crippen LogP contribution in [0.15, 0.2) is 48.7 Å². The second-order valence-corrected chi connectivity index (χ2v) is 8.05. The summed E-state index contributed by atoms with van der Waals surface area (Å²) < 4.78 is 17.7. The van der Waals surface area contributed by atoms with Crippen molar-refractivity contribution in [1.29, 1.82) is 0 Å². The molecule has 0 unspecified atom stereocenters. The summed E-state index contributed by atoms with van der Waals surface area (Å²) in [5, 5.41) is 16.0. The number of benzene rings is 2. The molecule has 10 nitrogen and oxygen atoms in total. The van der Waals surface area contributed by atoms with Crippen LogP contribution in [0.5, 0.6) is 17.2 Å². The van der Waals surface area contributed by atoms with Gasteiger partial charge in [-0.05, 0) is 36.8 Å². The van der Waals surface area contributed by atoms with E-state index in [-0.39, 0.29) is 24.2 Å². The van der Waals surface area contributed by atoms with Crippen molar-refractivity contribution in [3.63, 3.8) is 0 Å². The van der Waals surface area contributed by atoms with Crippen LogP contribution in [0.2, 0.25) is 0 Å². The van der Waals surface area contributed by atoms with Crippen LogP contribution >= 0.6 is 0 Å². The summed E-state index contributed by atoms with van der Waals surface area (Å²) in [5.74, 6) is 2.36. The minimum absolute atomic E-state index is 0.129. The second kappa shape index (κ2) is 9.05. The van der Waals surface area contributed by atoms with E-state index in [1.807, 2.05) is 49.4 Å². The summed E-state index contributed by atoms with van der Waals surface area (Å²) in [6, 6.07) is 13.2. The van der Waals surface area contributed by atoms with Gasteiger partial charge in [-0.15, -0.1) is 5.10 Å². The number of nitrogens with zero attached hydrogens (tertiary/aromatic N) is 5. The number of anilines is 1. The van der Waals surface area contributed by atoms with Gasteiger partial charge in [0.2, 0.25) is 5.91 Å². The van der Waals surface area contributed by atoms with E-state index >= 15 is 0 Å². The van der Waals surface area contributed by atoms with Crippen LogP contribution < -0.4 is 19.5 Å². The van der Waals surface area contributed by atoms with Crippen LogP contribution in [-0.2, 0) is 4.79 Å². The molecule has 0 saturated carbocycles. The highest BCUT2D eigenvalue weighted by Crippen LogP contribution is 2.42. The largest absolute Gasteiger partial charge is 0.497 e. The van der Waals surface area contributed by atoms with Gasteiger partial charge in [-0.3, -0.25) is 4.79 Å². The Morgan fingerprint density at radius 1 is 1.03 bits per heavy atom. The molecule has 2 aromatic carbocycles. The van der Waals surface area contributed by atoms with Crippen molar-refractivity contribution in [2.24, 2.45) is 0 Å². The zero-order valence-corrected chi connectivity index (χ0v) is 19.8. The van der Waals surface area contributed by atoms with E-state index in [4.69, 9.17) is 14.2 Å². The third-order valence-corrected chi connectivity index (χ3v) is 6.02. The average Bonchev–Trinajstić information content (AvgIpc) is 3.23. The van der Waals surface area contributed by atoms with Crippen LogP contribution in [0.4, 0.5) is 5.82 Å². The van der Waals surface area contributed by atoms with Crippen molar-refractivity contribution < 1.29 is 19.0 Å². The predicted octanol–water partition coefficient (Wildman–Crippen LogP) is 3.53. The molecule has 0 fully saturated rings. The molecule has 2 aromatic heterocycles. The number of hydrogen-bond acceptors (Lipinski definition) is 8. The normalized spacial score (nSPS) is 14.7. The van der Waals surface area contributed by atoms with E-state index < -0.39 is 0 Å². The number of carbonyl (C=O) groups excluding carboxylic acids is 1. The number of rotatable bonds is 6. The molecule has 1 atom stereocenters. The van der Waals surface area contributed by atoms with Crippen LogP contribution in [-0.4, -0.2) is 52.2 Å². The first-order valence-electron chi connectivity index (χ1n) is 11.0. The lowest BCUT2D eigenvalue weighted by molar-refractivity contribution is -0.116. The van der Waals surface area contributed by atoms with Crippen LogP contribution in [0.25, 0.3) is 17.2 Å². The Morgan fingerprint density at radius 2 is 1.86 bits per heavy atom. The number of aryl methyl sites for hydroxylation is 1. The van der Waals surface area contributed by atoms with Gasteiger partial charge in [0.25, 0.3) is 5.95 Å². The number of fused-ring (bicyclic) bond motifs is 1. The minimum atomic E-state index is -0.221. The van der Waals surface area contributed by atoms with E-state index in [1.54, 1.807) is 27.5 Å². The van der Waals surface area contributed by atoms with Gasteiger partial charge in [0.15, 0.2) is 11.5 Å². The highest BCUT2D eigenvalue weighted by molar-refractivity contribution is 5.95. The van der Waals surface area contributed by atoms with Crippen molar-refractivity contribution >= 4 is 11.7 Å². The molecule has 0 aliphatic carbocycles. The molecule has 0 bridgehead atoms. The van der Waals surface area contributed by atoms with E-state index in [1.165, 1.54) is 4.68 Å². The van der Waals surface area contributed by atoms with E-state index in [9.17, 15) is 4.79 Å². The molecular formula is C25H24N6O4. The van der Waals surface area contributed by atoms with Crippen LogP contribution in [0.3, 0.4) is 0 Å². The number of ether oxygens (including phenoxy) is 3. The van der Waals surface area contributed by atoms with E-state index in [0.29, 0.717) is 28.8 Å². The fourth-order valence-electron chi connectivity index (χ4n) is 4.35. The molecule has 4 aromatic rings. The van der Waals surface area contributed by atoms with Gasteiger partial charge in [-0.1, -0.05) is 18.2 Å². The lowest BCUT2D eigenvalue weighted by Gasteiger charge is -2.24. The highest BCUT2D eigenvalue weighted by atomic mass is 16.5. The molecule has 178 valence electrons. The van der Waals surface area contributed by atoms with Crippen molar-refractivity contribution in [3.05, 3.63) is 65.5 Å². The van der Waals surface area contributed by atoms with Gasteiger partial charge < -0.3 is 19.5 Å². The van der Waals surface area contributed by atoms with Crippen molar-refractivity contribution in [3.8, 4) is 34.5 Å². The lowest BCUT2D eigenvalue weighted by atomic mass is 9.85. The van der Waals surface area contributed by atoms with Crippen LogP contribution in [0.1, 0.15) is 29.2 Å². The number of nitrogens with one attached hydrogen (secondary N) is 1. The molecule has 0 saturated heterocycles. The van der Waals surface area contributed by atoms with Gasteiger partial charge in [-0.25, -0.2) is 4.98 Å². The molecule has 1 aliphatic heterocycles. The van der Waals surface area contributed by atoms with E-state index in [0.717, 1.165) is 22.4 Å². The summed E-state index contributed by atoms with van der Waals surface area (Å²) in [6.07, 6.45) is 1.85. The average molecular weight is 473 g/mol. The SMILES string of the molecule is COc1cccc(-c2cnnc(-n3nc(C)c4c3NC(=O)C[C@H]4c3ccc(OC)c(OC)c3)n2)c1. The fourth-order valence-corrected chi connectivity index (χ4v) is 4.35. The first kappa shape index (κ1) is 22.3. The first-order valence-corrected chi connectivity index (χ1v) is 11.0. The maximum Gasteiger partial charge on any atom is 0.272 e. The Morgan fingerprint density at radius 3 is 2.63 bits per heavy atom. The van der Waals surface area contributed by atoms with Crippen molar-refractivity contribution in [2.45, 2.75) is 19.3 Å². The fraction of sp³-hybridized carbons (Fsp3) is 0.240. The molecule has 0 spiro atoms. The number of methoxy groups -OCH3 is 3. The van der Waals surface area contributed by atoms with E-state index in [2.05, 4.69) is 25.6 Å². The second-order valence-electron chi connectivity index (χ2n) is 8.05. The molecular weight excluding hydrogens is 448 g/mol. The third kappa shape index (κ3) is 4.03. The molecule has 5 rings (SSSR count). The Kier molecular flexibility index (Phi) is 5.77. The topological polar surface area (TPSA) is 113 Å². The summed E-state index contributed by atoms with van der Waals surface area (Å²) >= 11 is 0. The van der Waals surface area contributed by atoms with Gasteiger partial charge in [0.05, 0.1) is 38.9 Å². The Bertz CT molecular complexity index is 1420. The molecule has 3 heterocycles. The smallest absolute Gasteiger partial charge is 0.272 e. The molecule has 35 heavy (non-hydrogen) atoms. The third-order valence-electron chi connectivity index (χ3n) is 6.02. The van der Waals surface area contributed by atoms with Gasteiger partial charge in [0.1, 0.15) is 11.6 Å². The summed E-state index contributed by atoms with van der Waals surface area (Å²) in [4.78, 5) is 17.4. The number of hydrogen-bond donors (Lipinski definition) is 1. The number of carbonyl (C=O) groups is 1.